The predicted molar refractivity (Wildman–Crippen MR) is 135 cm³/mol. The molecule has 190 valence electrons. The molecule has 2 aromatic rings. The fourth-order valence-corrected chi connectivity index (χ4v) is 15.2. The molecule has 1 heterocycles. The zero-order valence-corrected chi connectivity index (χ0v) is 21.7. The van der Waals surface area contributed by atoms with Crippen molar-refractivity contribution in [1.82, 2.24) is 0 Å². The van der Waals surface area contributed by atoms with Crippen molar-refractivity contribution in [3.8, 4) is 0 Å². The molecule has 0 spiro atoms. The standard InChI is InChI=1S/C26H36F3O3PS/c1-3-4-5-6-7-14-21-33(2,32-34(30,31)26(27,28)29)24(22-15-10-8-11-16-22)19-20-25(33)23-17-12-9-13-18-23/h8-13,15-18,24-25H,3-7,14,19-21H2,1-2H3/t24-,25-/m1/s1. The Balaban J connectivity index is 2.12. The van der Waals surface area contributed by atoms with Crippen LogP contribution in [0.4, 0.5) is 13.2 Å². The van der Waals surface area contributed by atoms with E-state index in [4.69, 9.17) is 3.97 Å². The Bertz CT molecular complexity index is 979. The van der Waals surface area contributed by atoms with E-state index < -0.39 is 22.5 Å². The zero-order valence-electron chi connectivity index (χ0n) is 20.0. The number of hydrogen-bond acceptors (Lipinski definition) is 3. The Morgan fingerprint density at radius 3 is 1.71 bits per heavy atom. The van der Waals surface area contributed by atoms with Crippen LogP contribution in [0.1, 0.15) is 80.7 Å². The zero-order chi connectivity index (χ0) is 24.9. The molecular formula is C26H36F3O3PS. The van der Waals surface area contributed by atoms with Crippen LogP contribution in [-0.4, -0.2) is 26.8 Å². The monoisotopic (exact) mass is 516 g/mol. The quantitative estimate of drug-likeness (QED) is 0.171. The predicted octanol–water partition coefficient (Wildman–Crippen LogP) is 8.59. The second-order valence-corrected chi connectivity index (χ2v) is 17.2. The van der Waals surface area contributed by atoms with E-state index in [0.29, 0.717) is 25.4 Å². The van der Waals surface area contributed by atoms with E-state index in [-0.39, 0.29) is 11.3 Å². The summed E-state index contributed by atoms with van der Waals surface area (Å²) < 4.78 is 72.1. The van der Waals surface area contributed by atoms with Crippen molar-refractivity contribution in [3.05, 3.63) is 71.8 Å². The van der Waals surface area contributed by atoms with Gasteiger partial charge in [0.15, 0.2) is 0 Å². The minimum absolute atomic E-state index is 0.353. The third-order valence-corrected chi connectivity index (χ3v) is 16.4. The molecular weight excluding hydrogens is 480 g/mol. The Morgan fingerprint density at radius 2 is 1.26 bits per heavy atom. The van der Waals surface area contributed by atoms with Gasteiger partial charge in [-0.05, 0) is 0 Å². The summed E-state index contributed by atoms with van der Waals surface area (Å²) in [6, 6.07) is 18.7. The van der Waals surface area contributed by atoms with Gasteiger partial charge in [0, 0.05) is 0 Å². The van der Waals surface area contributed by atoms with E-state index in [0.717, 1.165) is 43.2 Å². The van der Waals surface area contributed by atoms with E-state index in [9.17, 15) is 21.6 Å². The van der Waals surface area contributed by atoms with Gasteiger partial charge < -0.3 is 0 Å². The maximum atomic E-state index is 13.7. The second kappa shape index (κ2) is 10.7. The summed E-state index contributed by atoms with van der Waals surface area (Å²) in [6.07, 6.45) is 7.33. The summed E-state index contributed by atoms with van der Waals surface area (Å²) in [5, 5.41) is 0. The van der Waals surface area contributed by atoms with Gasteiger partial charge in [-0.25, -0.2) is 0 Å². The van der Waals surface area contributed by atoms with Crippen molar-refractivity contribution >= 4 is 16.9 Å². The fourth-order valence-electron chi connectivity index (χ4n) is 5.79. The Labute approximate surface area is 202 Å². The van der Waals surface area contributed by atoms with E-state index in [1.54, 1.807) is 6.66 Å². The molecule has 0 N–H and O–H groups in total. The summed E-state index contributed by atoms with van der Waals surface area (Å²) in [5.41, 5.74) is -4.47. The van der Waals surface area contributed by atoms with Gasteiger partial charge in [-0.1, -0.05) is 0 Å². The third kappa shape index (κ3) is 5.52. The van der Waals surface area contributed by atoms with Crippen LogP contribution in [0.5, 0.6) is 0 Å². The number of alkyl halides is 3. The molecule has 1 fully saturated rings. The molecule has 8 heteroatoms. The van der Waals surface area contributed by atoms with Crippen molar-refractivity contribution in [1.29, 1.82) is 0 Å². The van der Waals surface area contributed by atoms with Gasteiger partial charge in [0.25, 0.3) is 0 Å². The van der Waals surface area contributed by atoms with Crippen molar-refractivity contribution in [3.63, 3.8) is 0 Å². The molecule has 2 aromatic carbocycles. The minimum atomic E-state index is -5.77. The molecule has 0 unspecified atom stereocenters. The molecule has 0 bridgehead atoms. The SMILES string of the molecule is CCCCCCCCP1(C)(OS(=O)(=O)C(F)(F)F)[C@@H](c2ccccc2)CC[C@@H]1c1ccccc1. The van der Waals surface area contributed by atoms with E-state index in [1.807, 2.05) is 60.7 Å². The van der Waals surface area contributed by atoms with Crippen molar-refractivity contribution < 1.29 is 25.6 Å². The first-order chi connectivity index (χ1) is 16.0. The van der Waals surface area contributed by atoms with Crippen molar-refractivity contribution in [2.24, 2.45) is 0 Å². The summed E-state index contributed by atoms with van der Waals surface area (Å²) >= 11 is 0. The number of rotatable bonds is 11. The molecule has 0 aromatic heterocycles. The average Bonchev–Trinajstić information content (AvgIpc) is 3.09. The molecule has 1 aliphatic heterocycles. The number of hydrogen-bond donors (Lipinski definition) is 0. The van der Waals surface area contributed by atoms with Gasteiger partial charge >= 0.3 is 202 Å². The second-order valence-electron chi connectivity index (χ2n) is 9.77. The van der Waals surface area contributed by atoms with Crippen LogP contribution in [-0.2, 0) is 14.1 Å². The van der Waals surface area contributed by atoms with Crippen LogP contribution in [0.3, 0.4) is 0 Å². The third-order valence-electron chi connectivity index (χ3n) is 7.44. The van der Waals surface area contributed by atoms with Gasteiger partial charge in [-0.15, -0.1) is 0 Å². The van der Waals surface area contributed by atoms with Gasteiger partial charge in [0.2, 0.25) is 0 Å². The van der Waals surface area contributed by atoms with Crippen molar-refractivity contribution in [2.45, 2.75) is 75.1 Å². The van der Waals surface area contributed by atoms with E-state index in [2.05, 4.69) is 6.92 Å². The summed E-state index contributed by atoms with van der Waals surface area (Å²) in [4.78, 5) is 0. The number of unbranched alkanes of at least 4 members (excludes halogenated alkanes) is 5. The molecule has 0 saturated carbocycles. The topological polar surface area (TPSA) is 43.4 Å². The first-order valence-electron chi connectivity index (χ1n) is 12.2. The number of benzene rings is 2. The summed E-state index contributed by atoms with van der Waals surface area (Å²) in [6.45, 7) is -0.116. The normalized spacial score (nSPS) is 23.3. The Morgan fingerprint density at radius 1 is 0.824 bits per heavy atom. The molecule has 3 rings (SSSR count). The van der Waals surface area contributed by atoms with Crippen LogP contribution >= 0.6 is 6.83 Å². The van der Waals surface area contributed by atoms with E-state index in [1.165, 1.54) is 0 Å². The fraction of sp³-hybridized carbons (Fsp3) is 0.538. The number of halogens is 3. The van der Waals surface area contributed by atoms with Crippen LogP contribution in [0.2, 0.25) is 0 Å². The molecule has 1 saturated heterocycles. The average molecular weight is 517 g/mol. The van der Waals surface area contributed by atoms with Crippen LogP contribution in [0.25, 0.3) is 0 Å². The molecule has 0 radical (unpaired) electrons. The van der Waals surface area contributed by atoms with Crippen LogP contribution in [0.15, 0.2) is 60.7 Å². The van der Waals surface area contributed by atoms with Gasteiger partial charge in [0.05, 0.1) is 0 Å². The van der Waals surface area contributed by atoms with Gasteiger partial charge in [0.1, 0.15) is 0 Å². The van der Waals surface area contributed by atoms with E-state index >= 15 is 0 Å². The molecule has 34 heavy (non-hydrogen) atoms. The maximum absolute atomic E-state index is 13.7. The van der Waals surface area contributed by atoms with Crippen molar-refractivity contribution in [2.75, 3.05) is 12.8 Å². The molecule has 0 aliphatic carbocycles. The summed E-state index contributed by atoms with van der Waals surface area (Å²) in [7, 11) is -5.77. The Kier molecular flexibility index (Phi) is 8.53. The first-order valence-corrected chi connectivity index (χ1v) is 16.5. The molecule has 2 atom stereocenters. The van der Waals surface area contributed by atoms with Crippen LogP contribution in [0, 0.1) is 0 Å². The molecule has 3 nitrogen and oxygen atoms in total. The summed E-state index contributed by atoms with van der Waals surface area (Å²) in [5.74, 6) is 0. The van der Waals surface area contributed by atoms with Gasteiger partial charge in [-0.2, -0.15) is 0 Å². The van der Waals surface area contributed by atoms with Crippen LogP contribution < -0.4 is 0 Å². The molecule has 0 amide bonds. The Hall–Kier alpha value is -1.43. The van der Waals surface area contributed by atoms with Gasteiger partial charge in [-0.3, -0.25) is 0 Å². The first kappa shape index (κ1) is 27.2. The molecule has 1 aliphatic rings.